The standard InChI is InChI=1S/C11H24O3.C8H16O2/c1-3-5-6-7-8-11(14,4-2)10(13)9-12;1-2-3-4-5-6-7-8(9)10/h10,12-14H,3-9H2,1-2H3;2-7H2,1H3,(H,9,10). The fraction of sp³-hybridized carbons (Fsp3) is 0.947. The second-order valence-corrected chi connectivity index (χ2v) is 6.52. The lowest BCUT2D eigenvalue weighted by Gasteiger charge is -2.31. The number of aliphatic carboxylic acids is 1. The Morgan fingerprint density at radius 3 is 1.83 bits per heavy atom. The minimum absolute atomic E-state index is 0.337. The summed E-state index contributed by atoms with van der Waals surface area (Å²) in [5.41, 5.74) is -1.09. The van der Waals surface area contributed by atoms with Gasteiger partial charge in [0.05, 0.1) is 12.2 Å². The molecule has 0 amide bonds. The molecule has 0 bridgehead atoms. The number of unbranched alkanes of at least 4 members (excludes halogenated alkanes) is 7. The third-order valence-corrected chi connectivity index (χ3v) is 4.36. The van der Waals surface area contributed by atoms with Crippen LogP contribution in [0.3, 0.4) is 0 Å². The van der Waals surface area contributed by atoms with Gasteiger partial charge < -0.3 is 20.4 Å². The topological polar surface area (TPSA) is 98.0 Å². The summed E-state index contributed by atoms with van der Waals surface area (Å²) in [5, 5.41) is 36.5. The van der Waals surface area contributed by atoms with Gasteiger partial charge in [-0.15, -0.1) is 0 Å². The van der Waals surface area contributed by atoms with E-state index in [1.807, 2.05) is 6.92 Å². The van der Waals surface area contributed by atoms with E-state index in [9.17, 15) is 15.0 Å². The zero-order valence-electron chi connectivity index (χ0n) is 16.0. The predicted octanol–water partition coefficient (Wildman–Crippen LogP) is 3.88. The summed E-state index contributed by atoms with van der Waals surface area (Å²) in [7, 11) is 0. The molecule has 4 N–H and O–H groups in total. The van der Waals surface area contributed by atoms with Crippen LogP contribution in [0.5, 0.6) is 0 Å². The van der Waals surface area contributed by atoms with E-state index < -0.39 is 17.7 Å². The number of aliphatic hydroxyl groups excluding tert-OH is 2. The zero-order valence-corrected chi connectivity index (χ0v) is 16.0. The average Bonchev–Trinajstić information content (AvgIpc) is 2.58. The van der Waals surface area contributed by atoms with Crippen molar-refractivity contribution < 1.29 is 25.2 Å². The molecule has 0 spiro atoms. The molecule has 146 valence electrons. The van der Waals surface area contributed by atoms with Crippen LogP contribution in [0.4, 0.5) is 0 Å². The van der Waals surface area contributed by atoms with Gasteiger partial charge in [-0.3, -0.25) is 4.79 Å². The Morgan fingerprint density at radius 2 is 1.42 bits per heavy atom. The normalized spacial score (nSPS) is 14.4. The molecule has 0 aliphatic carbocycles. The van der Waals surface area contributed by atoms with Crippen molar-refractivity contribution in [2.24, 2.45) is 0 Å². The molecule has 0 heterocycles. The van der Waals surface area contributed by atoms with Crippen LogP contribution in [0, 0.1) is 0 Å². The number of carboxylic acids is 1. The zero-order chi connectivity index (χ0) is 18.8. The number of carbonyl (C=O) groups is 1. The van der Waals surface area contributed by atoms with Crippen molar-refractivity contribution in [3.63, 3.8) is 0 Å². The Kier molecular flexibility index (Phi) is 18.3. The van der Waals surface area contributed by atoms with Crippen molar-refractivity contribution >= 4 is 5.97 Å². The number of carboxylic acid groups (broad SMARTS) is 1. The average molecular weight is 349 g/mol. The molecule has 5 heteroatoms. The van der Waals surface area contributed by atoms with Gasteiger partial charge in [0.2, 0.25) is 0 Å². The molecule has 0 saturated carbocycles. The Morgan fingerprint density at radius 1 is 0.917 bits per heavy atom. The number of hydrogen-bond donors (Lipinski definition) is 4. The maximum Gasteiger partial charge on any atom is 0.303 e. The molecular weight excluding hydrogens is 308 g/mol. The van der Waals surface area contributed by atoms with E-state index in [4.69, 9.17) is 10.2 Å². The van der Waals surface area contributed by atoms with E-state index in [0.29, 0.717) is 19.3 Å². The van der Waals surface area contributed by atoms with E-state index in [0.717, 1.165) is 38.5 Å². The molecule has 2 unspecified atom stereocenters. The minimum Gasteiger partial charge on any atom is -0.481 e. The fourth-order valence-electron chi connectivity index (χ4n) is 2.49. The summed E-state index contributed by atoms with van der Waals surface area (Å²) in [4.78, 5) is 10.0. The first kappa shape index (κ1) is 25.6. The first-order chi connectivity index (χ1) is 11.4. The van der Waals surface area contributed by atoms with Crippen molar-refractivity contribution in [2.75, 3.05) is 6.61 Å². The van der Waals surface area contributed by atoms with E-state index in [2.05, 4.69) is 13.8 Å². The Labute approximate surface area is 148 Å². The summed E-state index contributed by atoms with van der Waals surface area (Å²) in [6.07, 6.45) is 10.3. The molecule has 0 radical (unpaired) electrons. The third kappa shape index (κ3) is 14.9. The lowest BCUT2D eigenvalue weighted by atomic mass is 9.88. The van der Waals surface area contributed by atoms with Gasteiger partial charge in [0.15, 0.2) is 0 Å². The molecule has 0 aromatic heterocycles. The molecule has 0 fully saturated rings. The highest BCUT2D eigenvalue weighted by Gasteiger charge is 2.32. The molecule has 0 rings (SSSR count). The Bertz CT molecular complexity index is 283. The van der Waals surface area contributed by atoms with Crippen LogP contribution >= 0.6 is 0 Å². The van der Waals surface area contributed by atoms with Crippen LogP contribution in [0.15, 0.2) is 0 Å². The van der Waals surface area contributed by atoms with Gasteiger partial charge in [-0.05, 0) is 19.3 Å². The fourth-order valence-corrected chi connectivity index (χ4v) is 2.49. The van der Waals surface area contributed by atoms with E-state index >= 15 is 0 Å². The molecular formula is C19H40O5. The second-order valence-electron chi connectivity index (χ2n) is 6.52. The lowest BCUT2D eigenvalue weighted by molar-refractivity contribution is -0.137. The highest BCUT2D eigenvalue weighted by molar-refractivity contribution is 5.66. The summed E-state index contributed by atoms with van der Waals surface area (Å²) in [5.74, 6) is -0.670. The van der Waals surface area contributed by atoms with Gasteiger partial charge in [0, 0.05) is 6.42 Å². The van der Waals surface area contributed by atoms with E-state index in [1.165, 1.54) is 19.3 Å². The molecule has 0 aliphatic rings. The van der Waals surface area contributed by atoms with Gasteiger partial charge in [-0.1, -0.05) is 72.1 Å². The van der Waals surface area contributed by atoms with E-state index in [1.54, 1.807) is 0 Å². The maximum absolute atomic E-state index is 10.0. The minimum atomic E-state index is -1.09. The molecule has 2 atom stereocenters. The maximum atomic E-state index is 10.0. The van der Waals surface area contributed by atoms with Crippen LogP contribution in [0.1, 0.15) is 97.8 Å². The van der Waals surface area contributed by atoms with Crippen LogP contribution in [-0.4, -0.2) is 44.7 Å². The molecule has 5 nitrogen and oxygen atoms in total. The van der Waals surface area contributed by atoms with Gasteiger partial charge in [0.25, 0.3) is 0 Å². The number of aliphatic hydroxyl groups is 3. The van der Waals surface area contributed by atoms with Gasteiger partial charge in [-0.25, -0.2) is 0 Å². The SMILES string of the molecule is CCCCCCC(O)(CC)C(O)CO.CCCCCCCC(=O)O. The largest absolute Gasteiger partial charge is 0.481 e. The summed E-state index contributed by atoms with van der Waals surface area (Å²) < 4.78 is 0. The van der Waals surface area contributed by atoms with Gasteiger partial charge in [-0.2, -0.15) is 0 Å². The van der Waals surface area contributed by atoms with Crippen molar-refractivity contribution in [3.8, 4) is 0 Å². The van der Waals surface area contributed by atoms with E-state index in [-0.39, 0.29) is 6.61 Å². The van der Waals surface area contributed by atoms with Crippen molar-refractivity contribution in [2.45, 2.75) is 110 Å². The smallest absolute Gasteiger partial charge is 0.303 e. The predicted molar refractivity (Wildman–Crippen MR) is 98.1 cm³/mol. The summed E-state index contributed by atoms with van der Waals surface area (Å²) >= 11 is 0. The molecule has 0 aliphatic heterocycles. The molecule has 0 saturated heterocycles. The van der Waals surface area contributed by atoms with Crippen molar-refractivity contribution in [1.82, 2.24) is 0 Å². The molecule has 24 heavy (non-hydrogen) atoms. The van der Waals surface area contributed by atoms with Crippen LogP contribution in [-0.2, 0) is 4.79 Å². The molecule has 0 aromatic carbocycles. The van der Waals surface area contributed by atoms with Crippen LogP contribution < -0.4 is 0 Å². The monoisotopic (exact) mass is 348 g/mol. The highest BCUT2D eigenvalue weighted by atomic mass is 16.4. The summed E-state index contributed by atoms with van der Waals surface area (Å²) in [6.45, 7) is 5.75. The van der Waals surface area contributed by atoms with Gasteiger partial charge in [0.1, 0.15) is 6.10 Å². The first-order valence-electron chi connectivity index (χ1n) is 9.60. The Balaban J connectivity index is 0. The highest BCUT2D eigenvalue weighted by Crippen LogP contribution is 2.23. The number of hydrogen-bond acceptors (Lipinski definition) is 4. The quantitative estimate of drug-likeness (QED) is 0.357. The molecule has 0 aromatic rings. The second kappa shape index (κ2) is 17.2. The summed E-state index contributed by atoms with van der Waals surface area (Å²) in [6, 6.07) is 0. The lowest BCUT2D eigenvalue weighted by Crippen LogP contribution is -2.43. The first-order valence-corrected chi connectivity index (χ1v) is 9.60. The van der Waals surface area contributed by atoms with Crippen LogP contribution in [0.2, 0.25) is 0 Å². The van der Waals surface area contributed by atoms with Crippen molar-refractivity contribution in [1.29, 1.82) is 0 Å². The Hall–Kier alpha value is -0.650. The van der Waals surface area contributed by atoms with Crippen molar-refractivity contribution in [3.05, 3.63) is 0 Å². The van der Waals surface area contributed by atoms with Crippen LogP contribution in [0.25, 0.3) is 0 Å². The van der Waals surface area contributed by atoms with Gasteiger partial charge >= 0.3 is 5.97 Å². The number of rotatable bonds is 14. The third-order valence-electron chi connectivity index (χ3n) is 4.36.